The summed E-state index contributed by atoms with van der Waals surface area (Å²) in [5.41, 5.74) is 5.50. The zero-order chi connectivity index (χ0) is 16.2. The van der Waals surface area contributed by atoms with Crippen LogP contribution >= 0.6 is 0 Å². The fourth-order valence-electron chi connectivity index (χ4n) is 2.54. The summed E-state index contributed by atoms with van der Waals surface area (Å²) in [5.74, 6) is 0.0112. The lowest BCUT2D eigenvalue weighted by Gasteiger charge is -2.30. The second-order valence-corrected chi connectivity index (χ2v) is 6.24. The van der Waals surface area contributed by atoms with Crippen molar-refractivity contribution in [3.8, 4) is 0 Å². The van der Waals surface area contributed by atoms with Crippen LogP contribution in [0.5, 0.6) is 0 Å². The van der Waals surface area contributed by atoms with Crippen molar-refractivity contribution in [3.05, 3.63) is 18.0 Å². The van der Waals surface area contributed by atoms with Crippen LogP contribution in [0.3, 0.4) is 0 Å². The maximum atomic E-state index is 11.0. The molecule has 2 heterocycles. The van der Waals surface area contributed by atoms with Crippen LogP contribution in [0.2, 0.25) is 0 Å². The van der Waals surface area contributed by atoms with Gasteiger partial charge in [-0.1, -0.05) is 6.92 Å². The van der Waals surface area contributed by atoms with Crippen LogP contribution in [0, 0.1) is 0 Å². The molecule has 1 aliphatic rings. The Morgan fingerprint density at radius 1 is 1.45 bits per heavy atom. The van der Waals surface area contributed by atoms with Crippen molar-refractivity contribution in [2.24, 2.45) is 5.73 Å². The SMILES string of the molecule is CC(c1cnn(CCN2CCOCC2)c1)C(C)(C)OC(N)=O. The summed E-state index contributed by atoms with van der Waals surface area (Å²) in [7, 11) is 0. The van der Waals surface area contributed by atoms with Crippen LogP contribution in [0.4, 0.5) is 4.79 Å². The summed E-state index contributed by atoms with van der Waals surface area (Å²) in [6.07, 6.45) is 3.09. The van der Waals surface area contributed by atoms with Gasteiger partial charge in [-0.3, -0.25) is 9.58 Å². The van der Waals surface area contributed by atoms with E-state index in [0.29, 0.717) is 0 Å². The van der Waals surface area contributed by atoms with Gasteiger partial charge in [0.15, 0.2) is 0 Å². The Morgan fingerprint density at radius 3 is 2.77 bits per heavy atom. The van der Waals surface area contributed by atoms with Crippen LogP contribution in [0.1, 0.15) is 32.3 Å². The number of carbonyl (C=O) groups excluding carboxylic acids is 1. The molecule has 1 fully saturated rings. The van der Waals surface area contributed by atoms with Crippen LogP contribution < -0.4 is 5.73 Å². The summed E-state index contributed by atoms with van der Waals surface area (Å²) >= 11 is 0. The summed E-state index contributed by atoms with van der Waals surface area (Å²) in [4.78, 5) is 13.4. The zero-order valence-electron chi connectivity index (χ0n) is 13.6. The van der Waals surface area contributed by atoms with Crippen LogP contribution in [0.15, 0.2) is 12.4 Å². The number of carbonyl (C=O) groups is 1. The first kappa shape index (κ1) is 16.8. The standard InChI is InChI=1S/C15H26N4O3/c1-12(15(2,3)22-14(16)20)13-10-17-19(11-13)5-4-18-6-8-21-9-7-18/h10-12H,4-9H2,1-3H3,(H2,16,20). The van der Waals surface area contributed by atoms with E-state index in [2.05, 4.69) is 10.00 Å². The van der Waals surface area contributed by atoms with Crippen LogP contribution in [-0.2, 0) is 16.0 Å². The summed E-state index contributed by atoms with van der Waals surface area (Å²) in [6, 6.07) is 0. The van der Waals surface area contributed by atoms with E-state index in [4.69, 9.17) is 15.2 Å². The average Bonchev–Trinajstić information content (AvgIpc) is 2.93. The third-order valence-corrected chi connectivity index (χ3v) is 4.31. The average molecular weight is 310 g/mol. The molecule has 124 valence electrons. The summed E-state index contributed by atoms with van der Waals surface area (Å²) < 4.78 is 12.5. The van der Waals surface area contributed by atoms with Crippen LogP contribution in [0.25, 0.3) is 0 Å². The molecule has 0 bridgehead atoms. The van der Waals surface area contributed by atoms with Crippen molar-refractivity contribution in [2.75, 3.05) is 32.8 Å². The molecule has 0 aliphatic carbocycles. The molecule has 1 amide bonds. The highest BCUT2D eigenvalue weighted by molar-refractivity contribution is 5.65. The van der Waals surface area contributed by atoms with E-state index < -0.39 is 11.7 Å². The Morgan fingerprint density at radius 2 is 2.14 bits per heavy atom. The molecular formula is C15H26N4O3. The predicted molar refractivity (Wildman–Crippen MR) is 82.6 cm³/mol. The van der Waals surface area contributed by atoms with Gasteiger partial charge in [0.2, 0.25) is 0 Å². The van der Waals surface area contributed by atoms with E-state index in [9.17, 15) is 4.79 Å². The molecule has 0 saturated carbocycles. The van der Waals surface area contributed by atoms with Crippen molar-refractivity contribution in [3.63, 3.8) is 0 Å². The van der Waals surface area contributed by atoms with Crippen LogP contribution in [-0.4, -0.2) is 59.2 Å². The van der Waals surface area contributed by atoms with Gasteiger partial charge in [0.05, 0.1) is 26.0 Å². The molecule has 1 aromatic rings. The number of rotatable bonds is 6. The molecule has 1 aromatic heterocycles. The molecule has 7 heteroatoms. The molecule has 7 nitrogen and oxygen atoms in total. The number of hydrogen-bond acceptors (Lipinski definition) is 5. The van der Waals surface area contributed by atoms with Gasteiger partial charge in [-0.25, -0.2) is 4.79 Å². The molecule has 1 unspecified atom stereocenters. The second kappa shape index (κ2) is 7.11. The smallest absolute Gasteiger partial charge is 0.405 e. The lowest BCUT2D eigenvalue weighted by molar-refractivity contribution is 0.0280. The monoisotopic (exact) mass is 310 g/mol. The fraction of sp³-hybridized carbons (Fsp3) is 0.733. The van der Waals surface area contributed by atoms with E-state index >= 15 is 0 Å². The molecule has 1 saturated heterocycles. The van der Waals surface area contributed by atoms with Gasteiger partial charge in [0.25, 0.3) is 0 Å². The zero-order valence-corrected chi connectivity index (χ0v) is 13.6. The summed E-state index contributed by atoms with van der Waals surface area (Å²) in [6.45, 7) is 11.1. The number of nitrogens with two attached hydrogens (primary N) is 1. The number of hydrogen-bond donors (Lipinski definition) is 1. The molecule has 1 aliphatic heterocycles. The van der Waals surface area contributed by atoms with Gasteiger partial charge in [-0.05, 0) is 19.4 Å². The molecule has 0 aromatic carbocycles. The highest BCUT2D eigenvalue weighted by Gasteiger charge is 2.31. The van der Waals surface area contributed by atoms with Crippen molar-refractivity contribution < 1.29 is 14.3 Å². The normalized spacial score (nSPS) is 18.1. The van der Waals surface area contributed by atoms with Gasteiger partial charge < -0.3 is 15.2 Å². The first-order chi connectivity index (χ1) is 10.4. The first-order valence-electron chi connectivity index (χ1n) is 7.69. The minimum atomic E-state index is -0.753. The van der Waals surface area contributed by atoms with Gasteiger partial charge in [0, 0.05) is 31.7 Å². The highest BCUT2D eigenvalue weighted by Crippen LogP contribution is 2.30. The van der Waals surface area contributed by atoms with Crippen molar-refractivity contribution in [1.29, 1.82) is 0 Å². The Labute approximate surface area is 131 Å². The molecule has 0 spiro atoms. The Balaban J connectivity index is 1.91. The molecule has 2 rings (SSSR count). The first-order valence-corrected chi connectivity index (χ1v) is 7.69. The Bertz CT molecular complexity index is 495. The van der Waals surface area contributed by atoms with E-state index in [1.54, 1.807) is 0 Å². The van der Waals surface area contributed by atoms with Crippen molar-refractivity contribution >= 4 is 6.09 Å². The number of amides is 1. The largest absolute Gasteiger partial charge is 0.443 e. The minimum Gasteiger partial charge on any atom is -0.443 e. The molecule has 0 radical (unpaired) electrons. The van der Waals surface area contributed by atoms with Gasteiger partial charge >= 0.3 is 6.09 Å². The quantitative estimate of drug-likeness (QED) is 0.853. The third kappa shape index (κ3) is 4.45. The second-order valence-electron chi connectivity index (χ2n) is 6.24. The lowest BCUT2D eigenvalue weighted by atomic mass is 9.88. The topological polar surface area (TPSA) is 82.6 Å². The van der Waals surface area contributed by atoms with E-state index in [-0.39, 0.29) is 5.92 Å². The Hall–Kier alpha value is -1.60. The molecular weight excluding hydrogens is 284 g/mol. The lowest BCUT2D eigenvalue weighted by Crippen LogP contribution is -2.38. The van der Waals surface area contributed by atoms with Gasteiger partial charge in [0.1, 0.15) is 5.60 Å². The fourth-order valence-corrected chi connectivity index (χ4v) is 2.54. The van der Waals surface area contributed by atoms with E-state index in [1.165, 1.54) is 0 Å². The third-order valence-electron chi connectivity index (χ3n) is 4.31. The molecule has 22 heavy (non-hydrogen) atoms. The van der Waals surface area contributed by atoms with E-state index in [1.807, 2.05) is 37.8 Å². The van der Waals surface area contributed by atoms with Crippen molar-refractivity contribution in [1.82, 2.24) is 14.7 Å². The Kier molecular flexibility index (Phi) is 5.42. The molecule has 1 atom stereocenters. The van der Waals surface area contributed by atoms with Gasteiger partial charge in [-0.15, -0.1) is 0 Å². The molecule has 2 N–H and O–H groups in total. The van der Waals surface area contributed by atoms with E-state index in [0.717, 1.165) is 45.0 Å². The van der Waals surface area contributed by atoms with Gasteiger partial charge in [-0.2, -0.15) is 5.10 Å². The maximum Gasteiger partial charge on any atom is 0.405 e. The summed E-state index contributed by atoms with van der Waals surface area (Å²) in [5, 5.41) is 4.40. The minimum absolute atomic E-state index is 0.0112. The highest BCUT2D eigenvalue weighted by atomic mass is 16.6. The predicted octanol–water partition coefficient (Wildman–Crippen LogP) is 1.19. The number of aromatic nitrogens is 2. The van der Waals surface area contributed by atoms with Crippen molar-refractivity contribution in [2.45, 2.75) is 38.8 Å². The number of morpholine rings is 1. The number of primary amides is 1. The maximum absolute atomic E-state index is 11.0. The number of ether oxygens (including phenoxy) is 2. The number of nitrogens with zero attached hydrogens (tertiary/aromatic N) is 3.